The van der Waals surface area contributed by atoms with Crippen molar-refractivity contribution in [1.82, 2.24) is 15.5 Å². The van der Waals surface area contributed by atoms with Gasteiger partial charge in [0.1, 0.15) is 11.0 Å². The zero-order valence-electron chi connectivity index (χ0n) is 19.3. The van der Waals surface area contributed by atoms with Crippen molar-refractivity contribution in [2.45, 2.75) is 84.6 Å². The first-order valence-corrected chi connectivity index (χ1v) is 13.2. The summed E-state index contributed by atoms with van der Waals surface area (Å²) >= 11 is 4.77. The molecule has 0 saturated heterocycles. The maximum absolute atomic E-state index is 12.9. The lowest BCUT2D eigenvalue weighted by Gasteiger charge is -2.23. The largest absolute Gasteiger partial charge is 0.344 e. The van der Waals surface area contributed by atoms with Gasteiger partial charge in [0.25, 0.3) is 0 Å². The Morgan fingerprint density at radius 2 is 1.78 bits per heavy atom. The second kappa shape index (κ2) is 14.4. The predicted octanol–water partition coefficient (Wildman–Crippen LogP) is 6.58. The average molecular weight is 524 g/mol. The molecule has 0 aliphatic rings. The van der Waals surface area contributed by atoms with E-state index in [4.69, 9.17) is 0 Å². The van der Waals surface area contributed by atoms with E-state index in [2.05, 4.69) is 43.7 Å². The van der Waals surface area contributed by atoms with Crippen molar-refractivity contribution in [2.75, 3.05) is 5.32 Å². The molecular weight excluding hydrogens is 488 g/mol. The van der Waals surface area contributed by atoms with E-state index in [0.717, 1.165) is 34.3 Å². The van der Waals surface area contributed by atoms with Crippen LogP contribution in [0.25, 0.3) is 10.6 Å². The quantitative estimate of drug-likeness (QED) is 0.274. The maximum atomic E-state index is 12.9. The lowest BCUT2D eigenvalue weighted by Crippen LogP contribution is -2.47. The van der Waals surface area contributed by atoms with Gasteiger partial charge in [0.05, 0.1) is 0 Å². The number of amides is 2. The van der Waals surface area contributed by atoms with Crippen LogP contribution in [0.4, 0.5) is 5.13 Å². The van der Waals surface area contributed by atoms with Crippen molar-refractivity contribution in [2.24, 2.45) is 5.92 Å². The monoisotopic (exact) mass is 522 g/mol. The first-order valence-electron chi connectivity index (χ1n) is 11.6. The van der Waals surface area contributed by atoms with Crippen molar-refractivity contribution < 1.29 is 9.59 Å². The molecule has 0 aliphatic heterocycles. The molecule has 1 aromatic carbocycles. The van der Waals surface area contributed by atoms with Gasteiger partial charge in [-0.2, -0.15) is 0 Å². The van der Waals surface area contributed by atoms with E-state index in [1.807, 2.05) is 38.1 Å². The molecular formula is C24H35BrN4O2S. The number of carbonyl (C=O) groups is 2. The molecule has 2 atom stereocenters. The molecule has 0 fully saturated rings. The maximum Gasteiger partial charge on any atom is 0.249 e. The Labute approximate surface area is 204 Å². The van der Waals surface area contributed by atoms with E-state index in [9.17, 15) is 9.59 Å². The van der Waals surface area contributed by atoms with Crippen LogP contribution in [-0.2, 0) is 9.59 Å². The Morgan fingerprint density at radius 3 is 2.47 bits per heavy atom. The van der Waals surface area contributed by atoms with Gasteiger partial charge in [-0.05, 0) is 24.5 Å². The van der Waals surface area contributed by atoms with Gasteiger partial charge in [-0.25, -0.2) is 0 Å². The summed E-state index contributed by atoms with van der Waals surface area (Å²) in [5, 5.41) is 15.2. The Kier molecular flexibility index (Phi) is 11.9. The fraction of sp³-hybridized carbons (Fsp3) is 0.583. The smallest absolute Gasteiger partial charge is 0.249 e. The highest BCUT2D eigenvalue weighted by Crippen LogP contribution is 2.28. The fourth-order valence-electron chi connectivity index (χ4n) is 3.39. The third-order valence-electron chi connectivity index (χ3n) is 5.55. The van der Waals surface area contributed by atoms with Crippen LogP contribution in [0.1, 0.15) is 78.6 Å². The molecule has 0 aliphatic carbocycles. The van der Waals surface area contributed by atoms with Crippen LogP contribution in [0.15, 0.2) is 28.7 Å². The summed E-state index contributed by atoms with van der Waals surface area (Å²) in [6, 6.07) is 7.19. The lowest BCUT2D eigenvalue weighted by molar-refractivity contribution is -0.127. The van der Waals surface area contributed by atoms with Crippen LogP contribution in [0.2, 0.25) is 0 Å². The second-order valence-corrected chi connectivity index (χ2v) is 10.1. The van der Waals surface area contributed by atoms with Crippen LogP contribution in [0, 0.1) is 5.92 Å². The van der Waals surface area contributed by atoms with Gasteiger partial charge in [0.2, 0.25) is 16.9 Å². The normalized spacial score (nSPS) is 12.9. The molecule has 1 aromatic heterocycles. The van der Waals surface area contributed by atoms with Gasteiger partial charge < -0.3 is 5.32 Å². The molecule has 0 spiro atoms. The summed E-state index contributed by atoms with van der Waals surface area (Å²) < 4.78 is 0.955. The van der Waals surface area contributed by atoms with Crippen molar-refractivity contribution in [3.05, 3.63) is 28.7 Å². The van der Waals surface area contributed by atoms with Crippen molar-refractivity contribution in [3.63, 3.8) is 0 Å². The molecule has 2 aromatic rings. The lowest BCUT2D eigenvalue weighted by atomic mass is 9.98. The van der Waals surface area contributed by atoms with Crippen LogP contribution < -0.4 is 10.6 Å². The standard InChI is InChI=1S/C24H35BrN4O2S/c1-4-6-7-8-9-10-11-15-20(30)26-21(17(3)5-2)22(31)27-24-29-28-23(32-24)18-13-12-14-19(25)16-18/h12-14,16-17,21H,4-11,15H2,1-3H3,(H,26,30)(H,27,29,31)/t17-,21+/m0/s1. The van der Waals surface area contributed by atoms with Gasteiger partial charge >= 0.3 is 0 Å². The number of rotatable bonds is 14. The Hall–Kier alpha value is -1.80. The summed E-state index contributed by atoms with van der Waals surface area (Å²) in [4.78, 5) is 25.4. The highest BCUT2D eigenvalue weighted by Gasteiger charge is 2.26. The van der Waals surface area contributed by atoms with Gasteiger partial charge in [-0.15, -0.1) is 10.2 Å². The minimum Gasteiger partial charge on any atom is -0.344 e. The third kappa shape index (κ3) is 8.98. The number of aromatic nitrogens is 2. The molecule has 2 amide bonds. The van der Waals surface area contributed by atoms with Crippen LogP contribution in [-0.4, -0.2) is 28.1 Å². The molecule has 1 heterocycles. The number of unbranched alkanes of at least 4 members (excludes halogenated alkanes) is 6. The highest BCUT2D eigenvalue weighted by atomic mass is 79.9. The topological polar surface area (TPSA) is 84.0 Å². The van der Waals surface area contributed by atoms with E-state index in [1.54, 1.807) is 0 Å². The predicted molar refractivity (Wildman–Crippen MR) is 136 cm³/mol. The molecule has 8 heteroatoms. The summed E-state index contributed by atoms with van der Waals surface area (Å²) in [6.07, 6.45) is 9.36. The van der Waals surface area contributed by atoms with Gasteiger partial charge in [-0.1, -0.05) is 105 Å². The fourth-order valence-corrected chi connectivity index (χ4v) is 4.53. The van der Waals surface area contributed by atoms with Gasteiger partial charge in [0.15, 0.2) is 0 Å². The number of nitrogens with zero attached hydrogens (tertiary/aromatic N) is 2. The number of anilines is 1. The van der Waals surface area contributed by atoms with Crippen molar-refractivity contribution >= 4 is 44.2 Å². The summed E-state index contributed by atoms with van der Waals surface area (Å²) in [5.74, 6) is -0.291. The molecule has 6 nitrogen and oxygen atoms in total. The summed E-state index contributed by atoms with van der Waals surface area (Å²) in [5.41, 5.74) is 0.929. The molecule has 0 saturated carbocycles. The molecule has 176 valence electrons. The van der Waals surface area contributed by atoms with Crippen LogP contribution >= 0.6 is 27.3 Å². The molecule has 2 rings (SSSR count). The highest BCUT2D eigenvalue weighted by molar-refractivity contribution is 9.10. The van der Waals surface area contributed by atoms with Gasteiger partial charge in [-0.3, -0.25) is 14.9 Å². The number of carbonyl (C=O) groups excluding carboxylic acids is 2. The van der Waals surface area contributed by atoms with E-state index in [-0.39, 0.29) is 17.7 Å². The Morgan fingerprint density at radius 1 is 1.06 bits per heavy atom. The number of halogens is 1. The first-order chi connectivity index (χ1) is 15.4. The number of hydrogen-bond donors (Lipinski definition) is 2. The van der Waals surface area contributed by atoms with E-state index >= 15 is 0 Å². The van der Waals surface area contributed by atoms with Crippen molar-refractivity contribution in [3.8, 4) is 10.6 Å². The number of nitrogens with one attached hydrogen (secondary N) is 2. The third-order valence-corrected chi connectivity index (χ3v) is 6.93. The van der Waals surface area contributed by atoms with Crippen molar-refractivity contribution in [1.29, 1.82) is 0 Å². The Bertz CT molecular complexity index is 858. The molecule has 0 bridgehead atoms. The van der Waals surface area contributed by atoms with Gasteiger partial charge in [0, 0.05) is 16.5 Å². The molecule has 0 unspecified atom stereocenters. The van der Waals surface area contributed by atoms with E-state index < -0.39 is 6.04 Å². The van der Waals surface area contributed by atoms with E-state index in [1.165, 1.54) is 43.4 Å². The molecule has 32 heavy (non-hydrogen) atoms. The van der Waals surface area contributed by atoms with Crippen LogP contribution in [0.3, 0.4) is 0 Å². The summed E-state index contributed by atoms with van der Waals surface area (Å²) in [6.45, 7) is 6.20. The first kappa shape index (κ1) is 26.5. The minimum atomic E-state index is -0.588. The average Bonchev–Trinajstić information content (AvgIpc) is 3.24. The zero-order chi connectivity index (χ0) is 23.3. The minimum absolute atomic E-state index is 0.0189. The SMILES string of the molecule is CCCCCCCCCC(=O)N[C@@H](C(=O)Nc1nnc(-c2cccc(Br)c2)s1)[C@@H](C)CC. The molecule has 2 N–H and O–H groups in total. The Balaban J connectivity index is 1.88. The van der Waals surface area contributed by atoms with E-state index in [0.29, 0.717) is 11.6 Å². The van der Waals surface area contributed by atoms with Crippen LogP contribution in [0.5, 0.6) is 0 Å². The zero-order valence-corrected chi connectivity index (χ0v) is 21.7. The number of hydrogen-bond acceptors (Lipinski definition) is 5. The number of benzene rings is 1. The second-order valence-electron chi connectivity index (χ2n) is 8.21. The summed E-state index contributed by atoms with van der Waals surface area (Å²) in [7, 11) is 0. The molecule has 0 radical (unpaired) electrons.